The Kier molecular flexibility index (Phi) is 4.75. The molecule has 0 aliphatic carbocycles. The average Bonchev–Trinajstić information content (AvgIpc) is 2.67. The third-order valence-electron chi connectivity index (χ3n) is 1.89. The molecule has 0 aromatic carbocycles. The Morgan fingerprint density at radius 3 is 2.44 bits per heavy atom. The Morgan fingerprint density at radius 1 is 1.19 bits per heavy atom. The van der Waals surface area contributed by atoms with Crippen molar-refractivity contribution in [1.29, 1.82) is 0 Å². The minimum absolute atomic E-state index is 0. The molecule has 0 saturated carbocycles. The van der Waals surface area contributed by atoms with E-state index in [0.29, 0.717) is 5.69 Å². The zero-order chi connectivity index (χ0) is 10.9. The summed E-state index contributed by atoms with van der Waals surface area (Å²) in [5, 5.41) is 3.63. The molecular weight excluding hydrogens is 245 g/mol. The summed E-state index contributed by atoms with van der Waals surface area (Å²) in [5.41, 5.74) is -0.206. The Morgan fingerprint density at radius 2 is 1.94 bits per heavy atom. The zero-order valence-corrected chi connectivity index (χ0v) is 11.6. The van der Waals surface area contributed by atoms with E-state index in [1.165, 1.54) is 6.20 Å². The molecule has 0 unspecified atom stereocenters. The summed E-state index contributed by atoms with van der Waals surface area (Å²) in [6.07, 6.45) is 4.76. The van der Waals surface area contributed by atoms with Crippen LogP contribution in [0.25, 0.3) is 5.69 Å². The maximum absolute atomic E-state index is 12.3. The second-order valence-corrected chi connectivity index (χ2v) is 3.00. The van der Waals surface area contributed by atoms with E-state index in [0.717, 1.165) is 17.1 Å². The molecule has 0 spiro atoms. The molecule has 0 aliphatic rings. The van der Waals surface area contributed by atoms with E-state index in [4.69, 9.17) is 0 Å². The van der Waals surface area contributed by atoms with Gasteiger partial charge in [-0.3, -0.25) is 4.98 Å². The Hall–Kier alpha value is -0.149. The maximum Gasteiger partial charge on any atom is 1.00 e. The standard InChI is InChI=1S/C8H6BF3N3.K/c10-9(11,12)7-4-14-15(6-7)8-2-1-3-13-5-8;/h1-6H;/q-1;+1. The van der Waals surface area contributed by atoms with Crippen molar-refractivity contribution in [3.63, 3.8) is 0 Å². The third kappa shape index (κ3) is 3.17. The second-order valence-electron chi connectivity index (χ2n) is 3.00. The first kappa shape index (κ1) is 13.9. The van der Waals surface area contributed by atoms with Crippen LogP contribution >= 0.6 is 0 Å². The first-order chi connectivity index (χ1) is 7.07. The van der Waals surface area contributed by atoms with Gasteiger partial charge in [0.25, 0.3) is 0 Å². The van der Waals surface area contributed by atoms with Crippen molar-refractivity contribution in [2.45, 2.75) is 0 Å². The van der Waals surface area contributed by atoms with Gasteiger partial charge in [-0.1, -0.05) is 5.46 Å². The van der Waals surface area contributed by atoms with Crippen molar-refractivity contribution in [2.24, 2.45) is 0 Å². The van der Waals surface area contributed by atoms with E-state index in [9.17, 15) is 12.9 Å². The molecule has 0 aliphatic heterocycles. The van der Waals surface area contributed by atoms with Crippen molar-refractivity contribution < 1.29 is 64.3 Å². The molecule has 78 valence electrons. The fourth-order valence-corrected chi connectivity index (χ4v) is 1.14. The van der Waals surface area contributed by atoms with Gasteiger partial charge in [-0.2, -0.15) is 5.10 Å². The van der Waals surface area contributed by atoms with Gasteiger partial charge in [0.1, 0.15) is 0 Å². The molecule has 0 saturated heterocycles. The van der Waals surface area contributed by atoms with E-state index in [1.54, 1.807) is 18.3 Å². The van der Waals surface area contributed by atoms with Crippen LogP contribution in [0.2, 0.25) is 0 Å². The van der Waals surface area contributed by atoms with Crippen molar-refractivity contribution >= 4 is 12.4 Å². The number of hydrogen-bond acceptors (Lipinski definition) is 2. The van der Waals surface area contributed by atoms with Gasteiger partial charge in [0, 0.05) is 18.6 Å². The van der Waals surface area contributed by atoms with Crippen LogP contribution in [0, 0.1) is 0 Å². The number of hydrogen-bond donors (Lipinski definition) is 0. The van der Waals surface area contributed by atoms with Crippen molar-refractivity contribution in [1.82, 2.24) is 14.8 Å². The summed E-state index contributed by atoms with van der Waals surface area (Å²) in [4.78, 5) is 3.80. The van der Waals surface area contributed by atoms with Gasteiger partial charge >= 0.3 is 58.4 Å². The van der Waals surface area contributed by atoms with Crippen LogP contribution in [-0.4, -0.2) is 21.7 Å². The molecule has 2 aromatic rings. The fraction of sp³-hybridized carbons (Fsp3) is 0. The minimum Gasteiger partial charge on any atom is -0.445 e. The van der Waals surface area contributed by atoms with E-state index >= 15 is 0 Å². The maximum atomic E-state index is 12.3. The van der Waals surface area contributed by atoms with Crippen LogP contribution < -0.4 is 56.8 Å². The van der Waals surface area contributed by atoms with Crippen molar-refractivity contribution in [3.05, 3.63) is 36.9 Å². The van der Waals surface area contributed by atoms with Gasteiger partial charge in [-0.15, -0.1) is 0 Å². The predicted molar refractivity (Wildman–Crippen MR) is 50.1 cm³/mol. The normalized spacial score (nSPS) is 10.9. The molecule has 0 N–H and O–H groups in total. The van der Waals surface area contributed by atoms with Crippen LogP contribution in [0.3, 0.4) is 0 Å². The molecule has 0 atom stereocenters. The smallest absolute Gasteiger partial charge is 0.445 e. The molecule has 16 heavy (non-hydrogen) atoms. The van der Waals surface area contributed by atoms with Gasteiger partial charge in [0.05, 0.1) is 11.9 Å². The molecule has 3 nitrogen and oxygen atoms in total. The predicted octanol–water partition coefficient (Wildman–Crippen LogP) is -1.67. The van der Waals surface area contributed by atoms with Gasteiger partial charge in [-0.05, 0) is 12.1 Å². The molecule has 0 bridgehead atoms. The molecule has 2 heterocycles. The first-order valence-electron chi connectivity index (χ1n) is 4.22. The van der Waals surface area contributed by atoms with Crippen LogP contribution in [0.15, 0.2) is 36.9 Å². The molecule has 0 radical (unpaired) electrons. The topological polar surface area (TPSA) is 30.7 Å². The Bertz CT molecular complexity index is 457. The van der Waals surface area contributed by atoms with E-state index in [2.05, 4.69) is 10.1 Å². The number of aromatic nitrogens is 3. The van der Waals surface area contributed by atoms with Gasteiger partial charge in [0.15, 0.2) is 0 Å². The summed E-state index contributed by atoms with van der Waals surface area (Å²) < 4.78 is 38.1. The van der Waals surface area contributed by atoms with E-state index in [1.807, 2.05) is 0 Å². The first-order valence-corrected chi connectivity index (χ1v) is 4.22. The Labute approximate surface area is 133 Å². The molecule has 2 rings (SSSR count). The fourth-order valence-electron chi connectivity index (χ4n) is 1.14. The van der Waals surface area contributed by atoms with Crippen LogP contribution in [0.1, 0.15) is 0 Å². The summed E-state index contributed by atoms with van der Waals surface area (Å²) in [6.45, 7) is -4.99. The van der Waals surface area contributed by atoms with Crippen molar-refractivity contribution in [2.75, 3.05) is 0 Å². The van der Waals surface area contributed by atoms with Crippen LogP contribution in [-0.2, 0) is 0 Å². The van der Waals surface area contributed by atoms with E-state index < -0.39 is 12.4 Å². The van der Waals surface area contributed by atoms with Gasteiger partial charge in [-0.25, -0.2) is 4.68 Å². The molecular formula is C8H6BF3KN3. The molecule has 0 amide bonds. The summed E-state index contributed by atoms with van der Waals surface area (Å²) in [7, 11) is 0. The minimum atomic E-state index is -4.99. The quantitative estimate of drug-likeness (QED) is 0.597. The summed E-state index contributed by atoms with van der Waals surface area (Å²) in [6, 6.07) is 3.27. The molecule has 8 heteroatoms. The largest absolute Gasteiger partial charge is 1.00 e. The summed E-state index contributed by atoms with van der Waals surface area (Å²) >= 11 is 0. The Balaban J connectivity index is 0.00000128. The van der Waals surface area contributed by atoms with Crippen molar-refractivity contribution in [3.8, 4) is 5.69 Å². The monoisotopic (exact) mass is 251 g/mol. The van der Waals surface area contributed by atoms with Crippen LogP contribution in [0.4, 0.5) is 12.9 Å². The second kappa shape index (κ2) is 5.46. The number of nitrogens with zero attached hydrogens (tertiary/aromatic N) is 3. The average molecular weight is 251 g/mol. The zero-order valence-electron chi connectivity index (χ0n) is 8.52. The SMILES string of the molecule is F[B-](F)(F)c1cnn(-c2cccnc2)c1.[K+]. The number of halogens is 3. The third-order valence-corrected chi connectivity index (χ3v) is 1.89. The number of rotatable bonds is 2. The molecule has 0 fully saturated rings. The summed E-state index contributed by atoms with van der Waals surface area (Å²) in [5.74, 6) is 0. The van der Waals surface area contributed by atoms with E-state index in [-0.39, 0.29) is 51.4 Å². The number of pyridine rings is 1. The van der Waals surface area contributed by atoms with Gasteiger partial charge in [0.2, 0.25) is 0 Å². The molecule has 2 aromatic heterocycles. The van der Waals surface area contributed by atoms with Gasteiger partial charge < -0.3 is 12.9 Å². The van der Waals surface area contributed by atoms with Crippen LogP contribution in [0.5, 0.6) is 0 Å².